The predicted octanol–water partition coefficient (Wildman–Crippen LogP) is 5.39. The summed E-state index contributed by atoms with van der Waals surface area (Å²) in [6, 6.07) is -0.973. The van der Waals surface area contributed by atoms with Gasteiger partial charge in [-0.2, -0.15) is 0 Å². The first-order chi connectivity index (χ1) is 16.5. The van der Waals surface area contributed by atoms with E-state index in [1.54, 1.807) is 0 Å². The highest BCUT2D eigenvalue weighted by Crippen LogP contribution is 2.15. The normalized spacial score (nSPS) is 15.1. The molecule has 6 heteroatoms. The quantitative estimate of drug-likeness (QED) is 0.111. The van der Waals surface area contributed by atoms with Crippen molar-refractivity contribution in [2.45, 2.75) is 167 Å². The van der Waals surface area contributed by atoms with E-state index in [2.05, 4.69) is 19.2 Å². The molecule has 1 amide bonds. The van der Waals surface area contributed by atoms with Crippen LogP contribution in [-0.4, -0.2) is 57.3 Å². The minimum atomic E-state index is -1.25. The number of hydrogen-bond donors (Lipinski definition) is 5. The van der Waals surface area contributed by atoms with Gasteiger partial charge in [-0.3, -0.25) is 4.79 Å². The molecule has 5 N–H and O–H groups in total. The Morgan fingerprint density at radius 1 is 0.618 bits per heavy atom. The van der Waals surface area contributed by atoms with E-state index in [9.17, 15) is 25.2 Å². The van der Waals surface area contributed by atoms with Gasteiger partial charge in [-0.15, -0.1) is 0 Å². The third-order valence-corrected chi connectivity index (χ3v) is 6.82. The van der Waals surface area contributed by atoms with Gasteiger partial charge >= 0.3 is 0 Å². The average molecular weight is 488 g/mol. The molecule has 0 spiro atoms. The van der Waals surface area contributed by atoms with Crippen LogP contribution >= 0.6 is 0 Å². The molecule has 0 aliphatic carbocycles. The molecule has 204 valence electrons. The Morgan fingerprint density at radius 3 is 1.41 bits per heavy atom. The maximum Gasteiger partial charge on any atom is 0.249 e. The fourth-order valence-electron chi connectivity index (χ4n) is 4.40. The van der Waals surface area contributed by atoms with Crippen molar-refractivity contribution in [3.05, 3.63) is 0 Å². The van der Waals surface area contributed by atoms with E-state index in [1.165, 1.54) is 77.0 Å². The van der Waals surface area contributed by atoms with Gasteiger partial charge in [0.15, 0.2) is 0 Å². The van der Waals surface area contributed by atoms with Crippen LogP contribution in [0.3, 0.4) is 0 Å². The molecule has 0 radical (unpaired) electrons. The summed E-state index contributed by atoms with van der Waals surface area (Å²) in [4.78, 5) is 12.2. The van der Waals surface area contributed by atoms with Gasteiger partial charge in [0.1, 0.15) is 12.2 Å². The Morgan fingerprint density at radius 2 is 1.00 bits per heavy atom. The van der Waals surface area contributed by atoms with E-state index < -0.39 is 36.9 Å². The number of rotatable bonds is 25. The van der Waals surface area contributed by atoms with Gasteiger partial charge in [-0.25, -0.2) is 0 Å². The van der Waals surface area contributed by atoms with Crippen LogP contribution in [0.5, 0.6) is 0 Å². The molecule has 0 saturated carbocycles. The highest BCUT2D eigenvalue weighted by Gasteiger charge is 2.28. The number of nitrogens with one attached hydrogen (secondary N) is 1. The zero-order valence-electron chi connectivity index (χ0n) is 22.4. The van der Waals surface area contributed by atoms with Crippen LogP contribution in [0.1, 0.15) is 142 Å². The average Bonchev–Trinajstić information content (AvgIpc) is 2.84. The Hall–Kier alpha value is -0.690. The van der Waals surface area contributed by atoms with Crippen molar-refractivity contribution >= 4 is 5.91 Å². The molecule has 6 nitrogen and oxygen atoms in total. The van der Waals surface area contributed by atoms with Crippen LogP contribution in [0.25, 0.3) is 0 Å². The van der Waals surface area contributed by atoms with Crippen molar-refractivity contribution in [2.75, 3.05) is 6.61 Å². The van der Waals surface area contributed by atoms with E-state index in [0.29, 0.717) is 12.8 Å². The number of aliphatic hydroxyl groups excluding tert-OH is 4. The molecule has 0 aliphatic heterocycles. The molecule has 0 saturated heterocycles. The lowest BCUT2D eigenvalue weighted by molar-refractivity contribution is -0.132. The maximum atomic E-state index is 12.2. The van der Waals surface area contributed by atoms with Crippen LogP contribution in [0.15, 0.2) is 0 Å². The molecular weight excluding hydrogens is 430 g/mol. The predicted molar refractivity (Wildman–Crippen MR) is 141 cm³/mol. The van der Waals surface area contributed by atoms with Crippen LogP contribution in [0.2, 0.25) is 0 Å². The summed E-state index contributed by atoms with van der Waals surface area (Å²) in [6.45, 7) is 3.92. The van der Waals surface area contributed by atoms with Gasteiger partial charge in [0, 0.05) is 0 Å². The highest BCUT2D eigenvalue weighted by molar-refractivity contribution is 5.80. The lowest BCUT2D eigenvalue weighted by Gasteiger charge is -2.27. The number of aliphatic hydroxyl groups is 4. The summed E-state index contributed by atoms with van der Waals surface area (Å²) in [5.41, 5.74) is 0. The van der Waals surface area contributed by atoms with Crippen molar-refractivity contribution in [2.24, 2.45) is 0 Å². The van der Waals surface area contributed by atoms with Crippen molar-refractivity contribution in [3.63, 3.8) is 0 Å². The summed E-state index contributed by atoms with van der Waals surface area (Å²) in [5.74, 6) is -0.593. The monoisotopic (exact) mass is 487 g/mol. The zero-order chi connectivity index (χ0) is 25.4. The van der Waals surface area contributed by atoms with E-state index in [-0.39, 0.29) is 0 Å². The Balaban J connectivity index is 3.90. The topological polar surface area (TPSA) is 110 Å². The first kappa shape index (κ1) is 33.3. The summed E-state index contributed by atoms with van der Waals surface area (Å²) in [7, 11) is 0. The summed E-state index contributed by atoms with van der Waals surface area (Å²) in [6.07, 6.45) is 18.6. The second-order valence-corrected chi connectivity index (χ2v) is 10.1. The number of carbonyl (C=O) groups is 1. The van der Waals surface area contributed by atoms with E-state index in [0.717, 1.165) is 38.5 Å². The molecule has 0 aliphatic rings. The second kappa shape index (κ2) is 24.0. The van der Waals surface area contributed by atoms with Crippen LogP contribution in [0.4, 0.5) is 0 Å². The molecule has 34 heavy (non-hydrogen) atoms. The largest absolute Gasteiger partial charge is 0.394 e. The summed E-state index contributed by atoms with van der Waals surface area (Å²) >= 11 is 0. The third kappa shape index (κ3) is 18.6. The minimum absolute atomic E-state index is 0.369. The second-order valence-electron chi connectivity index (χ2n) is 10.1. The molecule has 0 aromatic heterocycles. The van der Waals surface area contributed by atoms with Gasteiger partial charge in [-0.1, -0.05) is 129 Å². The molecule has 0 unspecified atom stereocenters. The van der Waals surface area contributed by atoms with Crippen LogP contribution in [0, 0.1) is 0 Å². The van der Waals surface area contributed by atoms with Crippen molar-refractivity contribution < 1.29 is 25.2 Å². The molecule has 4 atom stereocenters. The minimum Gasteiger partial charge on any atom is -0.394 e. The Bertz CT molecular complexity index is 449. The molecule has 0 aromatic rings. The molecule has 0 fully saturated rings. The lowest BCUT2D eigenvalue weighted by atomic mass is 9.99. The van der Waals surface area contributed by atoms with Crippen LogP contribution in [-0.2, 0) is 4.79 Å². The van der Waals surface area contributed by atoms with Gasteiger partial charge in [0.25, 0.3) is 0 Å². The van der Waals surface area contributed by atoms with E-state index in [1.807, 2.05) is 0 Å². The summed E-state index contributed by atoms with van der Waals surface area (Å²) in [5, 5.41) is 42.8. The molecule has 0 heterocycles. The number of amides is 1. The first-order valence-corrected chi connectivity index (χ1v) is 14.4. The van der Waals surface area contributed by atoms with Crippen molar-refractivity contribution in [3.8, 4) is 0 Å². The molecule has 0 rings (SSSR count). The first-order valence-electron chi connectivity index (χ1n) is 14.4. The molecule has 0 aromatic carbocycles. The third-order valence-electron chi connectivity index (χ3n) is 6.82. The Labute approximate surface area is 209 Å². The van der Waals surface area contributed by atoms with Gasteiger partial charge < -0.3 is 25.7 Å². The van der Waals surface area contributed by atoms with Gasteiger partial charge in [0.2, 0.25) is 5.91 Å². The Kier molecular flexibility index (Phi) is 23.5. The van der Waals surface area contributed by atoms with Crippen molar-refractivity contribution in [1.29, 1.82) is 0 Å². The number of hydrogen-bond acceptors (Lipinski definition) is 5. The van der Waals surface area contributed by atoms with E-state index in [4.69, 9.17) is 0 Å². The highest BCUT2D eigenvalue weighted by atomic mass is 16.3. The fraction of sp³-hybridized carbons (Fsp3) is 0.964. The SMILES string of the molecule is CCCCCCCCCCCCCC[C@@H](O)[C@@H](O)[C@H](CO)NC(=O)[C@H](O)CCCCCCCC. The molecular formula is C28H57NO5. The lowest BCUT2D eigenvalue weighted by Crippen LogP contribution is -2.53. The zero-order valence-corrected chi connectivity index (χ0v) is 22.4. The van der Waals surface area contributed by atoms with Gasteiger partial charge in [0.05, 0.1) is 18.8 Å². The van der Waals surface area contributed by atoms with Gasteiger partial charge in [-0.05, 0) is 12.8 Å². The maximum absolute atomic E-state index is 12.2. The number of carbonyl (C=O) groups excluding carboxylic acids is 1. The smallest absolute Gasteiger partial charge is 0.249 e. The summed E-state index contributed by atoms with van der Waals surface area (Å²) < 4.78 is 0. The van der Waals surface area contributed by atoms with Crippen molar-refractivity contribution in [1.82, 2.24) is 5.32 Å². The van der Waals surface area contributed by atoms with E-state index >= 15 is 0 Å². The fourth-order valence-corrected chi connectivity index (χ4v) is 4.40. The van der Waals surface area contributed by atoms with Crippen LogP contribution < -0.4 is 5.32 Å². The standard InChI is InChI=1S/C28H57NO5/c1-3-5-7-9-11-12-13-14-15-16-18-19-21-25(31)27(33)24(23-30)29-28(34)26(32)22-20-17-10-8-6-4-2/h24-27,30-33H,3-23H2,1-2H3,(H,29,34)/t24-,25+,26+,27-/m0/s1. The molecule has 0 bridgehead atoms. The number of unbranched alkanes of at least 4 members (excludes halogenated alkanes) is 16.